The van der Waals surface area contributed by atoms with Gasteiger partial charge in [0.2, 0.25) is 5.91 Å². The van der Waals surface area contributed by atoms with Gasteiger partial charge in [0, 0.05) is 16.8 Å². The minimum atomic E-state index is -0.288. The van der Waals surface area contributed by atoms with E-state index in [0.29, 0.717) is 11.6 Å². The fourth-order valence-corrected chi connectivity index (χ4v) is 3.47. The Hall–Kier alpha value is -0.940. The molecule has 0 radical (unpaired) electrons. The number of nitrogens with one attached hydrogen (secondary N) is 1. The molecule has 100 valence electrons. The predicted octanol–water partition coefficient (Wildman–Crippen LogP) is 2.61. The SMILES string of the molecule is CCc1nc(NC(=O)CC2(N)CCCC2)sc1C. The standard InChI is InChI=1S/C13H21N3OS/c1-3-10-9(2)18-12(15-10)16-11(17)8-13(14)6-4-5-7-13/h3-8,14H2,1-2H3,(H,15,16,17). The maximum Gasteiger partial charge on any atom is 0.228 e. The number of aryl methyl sites for hydroxylation is 2. The predicted molar refractivity (Wildman–Crippen MR) is 74.9 cm³/mol. The zero-order valence-electron chi connectivity index (χ0n) is 11.1. The van der Waals surface area contributed by atoms with Crippen LogP contribution >= 0.6 is 11.3 Å². The van der Waals surface area contributed by atoms with Crippen molar-refractivity contribution in [1.82, 2.24) is 4.98 Å². The molecule has 4 nitrogen and oxygen atoms in total. The first-order valence-corrected chi connectivity index (χ1v) is 7.39. The van der Waals surface area contributed by atoms with Gasteiger partial charge in [0.05, 0.1) is 5.69 Å². The number of nitrogens with two attached hydrogens (primary N) is 1. The van der Waals surface area contributed by atoms with Crippen LogP contribution in [0, 0.1) is 6.92 Å². The Morgan fingerprint density at radius 2 is 2.17 bits per heavy atom. The van der Waals surface area contributed by atoms with Crippen LogP contribution in [0.5, 0.6) is 0 Å². The van der Waals surface area contributed by atoms with Gasteiger partial charge in [0.1, 0.15) is 0 Å². The van der Waals surface area contributed by atoms with E-state index >= 15 is 0 Å². The summed E-state index contributed by atoms with van der Waals surface area (Å²) in [4.78, 5) is 17.5. The van der Waals surface area contributed by atoms with Crippen molar-refractivity contribution in [2.24, 2.45) is 5.73 Å². The van der Waals surface area contributed by atoms with Gasteiger partial charge in [-0.2, -0.15) is 0 Å². The summed E-state index contributed by atoms with van der Waals surface area (Å²) >= 11 is 1.54. The summed E-state index contributed by atoms with van der Waals surface area (Å²) in [6.45, 7) is 4.11. The molecular formula is C13H21N3OS. The van der Waals surface area contributed by atoms with E-state index in [1.54, 1.807) is 11.3 Å². The van der Waals surface area contributed by atoms with E-state index in [1.165, 1.54) is 4.88 Å². The van der Waals surface area contributed by atoms with Crippen LogP contribution in [0.4, 0.5) is 5.13 Å². The molecule has 18 heavy (non-hydrogen) atoms. The average Bonchev–Trinajstić information content (AvgIpc) is 2.85. The molecule has 0 spiro atoms. The molecule has 5 heteroatoms. The van der Waals surface area contributed by atoms with Crippen molar-refractivity contribution >= 4 is 22.4 Å². The van der Waals surface area contributed by atoms with Gasteiger partial charge in [-0.3, -0.25) is 4.79 Å². The van der Waals surface area contributed by atoms with Crippen molar-refractivity contribution in [2.45, 2.75) is 57.9 Å². The van der Waals surface area contributed by atoms with E-state index in [0.717, 1.165) is 37.8 Å². The van der Waals surface area contributed by atoms with Gasteiger partial charge in [0.15, 0.2) is 5.13 Å². The van der Waals surface area contributed by atoms with Gasteiger partial charge in [-0.05, 0) is 26.2 Å². The molecule has 0 atom stereocenters. The van der Waals surface area contributed by atoms with Crippen LogP contribution in [0.1, 0.15) is 49.6 Å². The summed E-state index contributed by atoms with van der Waals surface area (Å²) in [6, 6.07) is 0. The first-order chi connectivity index (χ1) is 8.52. The third-order valence-electron chi connectivity index (χ3n) is 3.59. The molecule has 0 saturated heterocycles. The number of thiazole rings is 1. The number of carbonyl (C=O) groups excluding carboxylic acids is 1. The molecule has 0 unspecified atom stereocenters. The Bertz CT molecular complexity index is 435. The van der Waals surface area contributed by atoms with Crippen LogP contribution < -0.4 is 11.1 Å². The monoisotopic (exact) mass is 267 g/mol. The van der Waals surface area contributed by atoms with Gasteiger partial charge >= 0.3 is 0 Å². The summed E-state index contributed by atoms with van der Waals surface area (Å²) in [5.74, 6) is -0.00389. The van der Waals surface area contributed by atoms with E-state index in [4.69, 9.17) is 5.73 Å². The number of nitrogens with zero attached hydrogens (tertiary/aromatic N) is 1. The van der Waals surface area contributed by atoms with E-state index < -0.39 is 0 Å². The van der Waals surface area contributed by atoms with Crippen LogP contribution in [0.3, 0.4) is 0 Å². The smallest absolute Gasteiger partial charge is 0.228 e. The van der Waals surface area contributed by atoms with E-state index in [2.05, 4.69) is 17.2 Å². The van der Waals surface area contributed by atoms with Crippen LogP contribution in [-0.4, -0.2) is 16.4 Å². The van der Waals surface area contributed by atoms with Gasteiger partial charge in [-0.1, -0.05) is 19.8 Å². The fourth-order valence-electron chi connectivity index (χ4n) is 2.55. The molecule has 1 aliphatic rings. The van der Waals surface area contributed by atoms with Crippen molar-refractivity contribution < 1.29 is 4.79 Å². The van der Waals surface area contributed by atoms with Crippen LogP contribution in [0.25, 0.3) is 0 Å². The number of hydrogen-bond acceptors (Lipinski definition) is 4. The maximum atomic E-state index is 12.0. The minimum absolute atomic E-state index is 0.00389. The van der Waals surface area contributed by atoms with Crippen LogP contribution in [0.15, 0.2) is 0 Å². The first kappa shape index (κ1) is 13.5. The molecular weight excluding hydrogens is 246 g/mol. The van der Waals surface area contributed by atoms with Crippen LogP contribution in [0.2, 0.25) is 0 Å². The zero-order chi connectivity index (χ0) is 13.2. The third kappa shape index (κ3) is 3.09. The highest BCUT2D eigenvalue weighted by Gasteiger charge is 2.31. The summed E-state index contributed by atoms with van der Waals surface area (Å²) < 4.78 is 0. The summed E-state index contributed by atoms with van der Waals surface area (Å²) in [5.41, 5.74) is 6.98. The second-order valence-corrected chi connectivity index (χ2v) is 6.37. The number of carbonyl (C=O) groups is 1. The topological polar surface area (TPSA) is 68.0 Å². The quantitative estimate of drug-likeness (QED) is 0.881. The highest BCUT2D eigenvalue weighted by Crippen LogP contribution is 2.30. The summed E-state index contributed by atoms with van der Waals surface area (Å²) in [7, 11) is 0. The lowest BCUT2D eigenvalue weighted by Crippen LogP contribution is -2.40. The summed E-state index contributed by atoms with van der Waals surface area (Å²) in [5, 5.41) is 3.58. The average molecular weight is 267 g/mol. The third-order valence-corrected chi connectivity index (χ3v) is 4.51. The van der Waals surface area contributed by atoms with Crippen molar-refractivity contribution in [1.29, 1.82) is 0 Å². The molecule has 1 fully saturated rings. The van der Waals surface area contributed by atoms with Gasteiger partial charge < -0.3 is 11.1 Å². The van der Waals surface area contributed by atoms with Crippen molar-refractivity contribution in [2.75, 3.05) is 5.32 Å². The summed E-state index contributed by atoms with van der Waals surface area (Å²) in [6.07, 6.45) is 5.50. The minimum Gasteiger partial charge on any atom is -0.325 e. The Labute approximate surface area is 112 Å². The molecule has 0 bridgehead atoms. The van der Waals surface area contributed by atoms with Crippen molar-refractivity contribution in [3.05, 3.63) is 10.6 Å². The van der Waals surface area contributed by atoms with Crippen LogP contribution in [-0.2, 0) is 11.2 Å². The number of anilines is 1. The Balaban J connectivity index is 1.94. The highest BCUT2D eigenvalue weighted by atomic mass is 32.1. The lowest BCUT2D eigenvalue weighted by atomic mass is 9.94. The molecule has 0 aromatic carbocycles. The number of aromatic nitrogens is 1. The molecule has 1 aliphatic carbocycles. The molecule has 2 rings (SSSR count). The molecule has 3 N–H and O–H groups in total. The lowest BCUT2D eigenvalue weighted by Gasteiger charge is -2.22. The highest BCUT2D eigenvalue weighted by molar-refractivity contribution is 7.15. The Kier molecular flexibility index (Phi) is 4.02. The first-order valence-electron chi connectivity index (χ1n) is 6.57. The zero-order valence-corrected chi connectivity index (χ0v) is 11.9. The lowest BCUT2D eigenvalue weighted by molar-refractivity contribution is -0.117. The fraction of sp³-hybridized carbons (Fsp3) is 0.692. The van der Waals surface area contributed by atoms with E-state index in [9.17, 15) is 4.79 Å². The molecule has 0 aliphatic heterocycles. The van der Waals surface area contributed by atoms with Crippen molar-refractivity contribution in [3.8, 4) is 0 Å². The molecule has 1 aromatic rings. The molecule has 1 saturated carbocycles. The van der Waals surface area contributed by atoms with Crippen molar-refractivity contribution in [3.63, 3.8) is 0 Å². The number of rotatable bonds is 4. The van der Waals surface area contributed by atoms with Gasteiger partial charge in [0.25, 0.3) is 0 Å². The molecule has 1 aromatic heterocycles. The van der Waals surface area contributed by atoms with Gasteiger partial charge in [-0.25, -0.2) is 4.98 Å². The normalized spacial score (nSPS) is 17.9. The Morgan fingerprint density at radius 1 is 1.50 bits per heavy atom. The Morgan fingerprint density at radius 3 is 2.72 bits per heavy atom. The second kappa shape index (κ2) is 5.36. The van der Waals surface area contributed by atoms with E-state index in [1.807, 2.05) is 6.92 Å². The van der Waals surface area contributed by atoms with Gasteiger partial charge in [-0.15, -0.1) is 11.3 Å². The van der Waals surface area contributed by atoms with E-state index in [-0.39, 0.29) is 11.4 Å². The maximum absolute atomic E-state index is 12.0. The molecule has 1 amide bonds. The number of amides is 1. The number of hydrogen-bond donors (Lipinski definition) is 2. The second-order valence-electron chi connectivity index (χ2n) is 5.17. The largest absolute Gasteiger partial charge is 0.325 e. The molecule has 1 heterocycles.